The summed E-state index contributed by atoms with van der Waals surface area (Å²) in [5.74, 6) is 0.454. The molecule has 0 aliphatic carbocycles. The van der Waals surface area contributed by atoms with Gasteiger partial charge in [0.15, 0.2) is 11.2 Å². The molecule has 0 aliphatic heterocycles. The first-order valence-corrected chi connectivity index (χ1v) is 9.44. The van der Waals surface area contributed by atoms with E-state index in [0.717, 1.165) is 21.3 Å². The minimum Gasteiger partial charge on any atom is -0.481 e. The van der Waals surface area contributed by atoms with Gasteiger partial charge in [0.25, 0.3) is 5.91 Å². The van der Waals surface area contributed by atoms with Crippen LogP contribution in [-0.4, -0.2) is 17.0 Å². The molecule has 0 aliphatic rings. The first-order chi connectivity index (χ1) is 12.0. The van der Waals surface area contributed by atoms with E-state index < -0.39 is 6.10 Å². The van der Waals surface area contributed by atoms with Gasteiger partial charge >= 0.3 is 0 Å². The summed E-state index contributed by atoms with van der Waals surface area (Å²) in [6.07, 6.45) is -0.609. The highest BCUT2D eigenvalue weighted by atomic mass is 79.9. The van der Waals surface area contributed by atoms with Gasteiger partial charge in [-0.2, -0.15) is 0 Å². The molecule has 1 N–H and O–H groups in total. The van der Waals surface area contributed by atoms with Crippen LogP contribution in [-0.2, 0) is 4.79 Å². The predicted octanol–water partition coefficient (Wildman–Crippen LogP) is 5.29. The van der Waals surface area contributed by atoms with Crippen LogP contribution in [0.2, 0.25) is 0 Å². The van der Waals surface area contributed by atoms with Crippen LogP contribution >= 0.6 is 27.3 Å². The van der Waals surface area contributed by atoms with Gasteiger partial charge in [0.1, 0.15) is 5.75 Å². The fourth-order valence-electron chi connectivity index (χ4n) is 2.24. The Hall–Kier alpha value is -2.18. The number of thiazole rings is 1. The molecule has 1 unspecified atom stereocenters. The van der Waals surface area contributed by atoms with Crippen LogP contribution in [0.5, 0.6) is 5.75 Å². The molecule has 0 radical (unpaired) electrons. The molecule has 1 atom stereocenters. The average molecular weight is 417 g/mol. The Bertz CT molecular complexity index is 877. The monoisotopic (exact) mass is 416 g/mol. The van der Waals surface area contributed by atoms with E-state index in [1.165, 1.54) is 11.3 Å². The number of rotatable bonds is 5. The molecule has 3 rings (SSSR count). The summed E-state index contributed by atoms with van der Waals surface area (Å²) < 4.78 is 6.71. The lowest BCUT2D eigenvalue weighted by molar-refractivity contribution is -0.122. The van der Waals surface area contributed by atoms with Gasteiger partial charge in [-0.15, -0.1) is 11.3 Å². The number of nitrogens with zero attached hydrogens (tertiary/aromatic N) is 1. The number of anilines is 1. The maximum absolute atomic E-state index is 12.3. The molecule has 3 aromatic rings. The van der Waals surface area contributed by atoms with Crippen LogP contribution in [0.15, 0.2) is 58.4 Å². The maximum Gasteiger partial charge on any atom is 0.266 e. The minimum absolute atomic E-state index is 0.224. The Morgan fingerprint density at radius 3 is 2.72 bits per heavy atom. The molecule has 0 fully saturated rings. The summed E-state index contributed by atoms with van der Waals surface area (Å²) in [4.78, 5) is 16.8. The molecule has 0 bridgehead atoms. The second-order valence-electron chi connectivity index (χ2n) is 5.61. The Morgan fingerprint density at radius 2 is 2.00 bits per heavy atom. The summed E-state index contributed by atoms with van der Waals surface area (Å²) in [7, 11) is 0. The molecule has 1 amide bonds. The number of ether oxygens (including phenoxy) is 1. The minimum atomic E-state index is -0.609. The fraction of sp³-hybridized carbons (Fsp3) is 0.158. The molecule has 6 heteroatoms. The van der Waals surface area contributed by atoms with Gasteiger partial charge < -0.3 is 4.74 Å². The number of hydrogen-bond acceptors (Lipinski definition) is 4. The first-order valence-electron chi connectivity index (χ1n) is 7.77. The van der Waals surface area contributed by atoms with Crippen molar-refractivity contribution in [2.45, 2.75) is 20.0 Å². The van der Waals surface area contributed by atoms with E-state index in [0.29, 0.717) is 10.9 Å². The number of amides is 1. The van der Waals surface area contributed by atoms with Gasteiger partial charge in [0, 0.05) is 15.4 Å². The van der Waals surface area contributed by atoms with Crippen LogP contribution in [0.25, 0.3) is 11.3 Å². The van der Waals surface area contributed by atoms with Crippen molar-refractivity contribution in [2.24, 2.45) is 0 Å². The zero-order chi connectivity index (χ0) is 17.8. The lowest BCUT2D eigenvalue weighted by atomic mass is 10.2. The third-order valence-corrected chi connectivity index (χ3v) is 4.83. The second kappa shape index (κ2) is 7.80. The number of halogens is 1. The molecule has 128 valence electrons. The smallest absolute Gasteiger partial charge is 0.266 e. The molecule has 1 aromatic heterocycles. The van der Waals surface area contributed by atoms with E-state index in [9.17, 15) is 4.79 Å². The molecule has 0 saturated heterocycles. The first kappa shape index (κ1) is 17.6. The summed E-state index contributed by atoms with van der Waals surface area (Å²) >= 11 is 4.81. The Morgan fingerprint density at radius 1 is 1.24 bits per heavy atom. The number of carbonyl (C=O) groups excluding carboxylic acids is 1. The summed E-state index contributed by atoms with van der Waals surface area (Å²) in [5.41, 5.74) is 2.92. The highest BCUT2D eigenvalue weighted by molar-refractivity contribution is 9.10. The highest BCUT2D eigenvalue weighted by Gasteiger charge is 2.16. The quantitative estimate of drug-likeness (QED) is 0.614. The number of aromatic nitrogens is 1. The SMILES string of the molecule is Cc1cccc(OC(C)C(=O)Nc2nc(-c3ccc(Br)cc3)cs2)c1. The van der Waals surface area contributed by atoms with Gasteiger partial charge in [0.2, 0.25) is 0 Å². The highest BCUT2D eigenvalue weighted by Crippen LogP contribution is 2.26. The topological polar surface area (TPSA) is 51.2 Å². The fourth-order valence-corrected chi connectivity index (χ4v) is 3.22. The van der Waals surface area contributed by atoms with E-state index >= 15 is 0 Å². The van der Waals surface area contributed by atoms with E-state index in [-0.39, 0.29) is 5.91 Å². The molecule has 0 saturated carbocycles. The van der Waals surface area contributed by atoms with Gasteiger partial charge in [-0.05, 0) is 43.7 Å². The van der Waals surface area contributed by atoms with Gasteiger partial charge in [-0.1, -0.05) is 40.2 Å². The van der Waals surface area contributed by atoms with Crippen molar-refractivity contribution in [3.8, 4) is 17.0 Å². The van der Waals surface area contributed by atoms with Crippen LogP contribution in [0.3, 0.4) is 0 Å². The molecule has 2 aromatic carbocycles. The van der Waals surface area contributed by atoms with Gasteiger partial charge in [0.05, 0.1) is 5.69 Å². The average Bonchev–Trinajstić information content (AvgIpc) is 3.04. The molecule has 25 heavy (non-hydrogen) atoms. The number of benzene rings is 2. The Kier molecular flexibility index (Phi) is 5.50. The molecule has 1 heterocycles. The van der Waals surface area contributed by atoms with Crippen LogP contribution < -0.4 is 10.1 Å². The van der Waals surface area contributed by atoms with E-state index in [4.69, 9.17) is 4.74 Å². The molecule has 4 nitrogen and oxygen atoms in total. The summed E-state index contributed by atoms with van der Waals surface area (Å²) in [6.45, 7) is 3.71. The maximum atomic E-state index is 12.3. The van der Waals surface area contributed by atoms with Crippen molar-refractivity contribution in [3.05, 3.63) is 63.9 Å². The van der Waals surface area contributed by atoms with Crippen molar-refractivity contribution < 1.29 is 9.53 Å². The molecular weight excluding hydrogens is 400 g/mol. The van der Waals surface area contributed by atoms with E-state index in [1.54, 1.807) is 6.92 Å². The number of nitrogens with one attached hydrogen (secondary N) is 1. The lowest BCUT2D eigenvalue weighted by Gasteiger charge is -2.14. The van der Waals surface area contributed by atoms with E-state index in [1.807, 2.05) is 60.8 Å². The molecular formula is C19H17BrN2O2S. The third-order valence-electron chi connectivity index (χ3n) is 3.55. The van der Waals surface area contributed by atoms with Gasteiger partial charge in [-0.3, -0.25) is 10.1 Å². The zero-order valence-corrected chi connectivity index (χ0v) is 16.2. The van der Waals surface area contributed by atoms with Crippen molar-refractivity contribution >= 4 is 38.3 Å². The van der Waals surface area contributed by atoms with Crippen LogP contribution in [0, 0.1) is 6.92 Å². The largest absolute Gasteiger partial charge is 0.481 e. The normalized spacial score (nSPS) is 11.8. The number of aryl methyl sites for hydroxylation is 1. The molecule has 0 spiro atoms. The van der Waals surface area contributed by atoms with Crippen molar-refractivity contribution in [2.75, 3.05) is 5.32 Å². The van der Waals surface area contributed by atoms with Crippen LogP contribution in [0.4, 0.5) is 5.13 Å². The number of carbonyl (C=O) groups is 1. The van der Waals surface area contributed by atoms with Crippen molar-refractivity contribution in [1.82, 2.24) is 4.98 Å². The van der Waals surface area contributed by atoms with E-state index in [2.05, 4.69) is 26.2 Å². The lowest BCUT2D eigenvalue weighted by Crippen LogP contribution is -2.30. The van der Waals surface area contributed by atoms with Crippen molar-refractivity contribution in [1.29, 1.82) is 0 Å². The zero-order valence-electron chi connectivity index (χ0n) is 13.8. The third kappa shape index (κ3) is 4.67. The Balaban J connectivity index is 1.64. The second-order valence-corrected chi connectivity index (χ2v) is 7.38. The summed E-state index contributed by atoms with van der Waals surface area (Å²) in [5, 5.41) is 5.29. The standard InChI is InChI=1S/C19H17BrN2O2S/c1-12-4-3-5-16(10-12)24-13(2)18(23)22-19-21-17(11-25-19)14-6-8-15(20)9-7-14/h3-11,13H,1-2H3,(H,21,22,23). The van der Waals surface area contributed by atoms with Crippen molar-refractivity contribution in [3.63, 3.8) is 0 Å². The summed E-state index contributed by atoms with van der Waals surface area (Å²) in [6, 6.07) is 15.5. The predicted molar refractivity (Wildman–Crippen MR) is 105 cm³/mol. The van der Waals surface area contributed by atoms with Crippen LogP contribution in [0.1, 0.15) is 12.5 Å². The van der Waals surface area contributed by atoms with Gasteiger partial charge in [-0.25, -0.2) is 4.98 Å². The Labute approximate surface area is 159 Å². The number of hydrogen-bond donors (Lipinski definition) is 1.